The van der Waals surface area contributed by atoms with E-state index in [0.29, 0.717) is 12.3 Å². The van der Waals surface area contributed by atoms with Gasteiger partial charge in [-0.1, -0.05) is 0 Å². The summed E-state index contributed by atoms with van der Waals surface area (Å²) in [6.45, 7) is 0.490. The molecule has 0 saturated carbocycles. The molecule has 0 radical (unpaired) electrons. The van der Waals surface area contributed by atoms with Crippen LogP contribution >= 0.6 is 0 Å². The van der Waals surface area contributed by atoms with Gasteiger partial charge in [0.1, 0.15) is 11.6 Å². The van der Waals surface area contributed by atoms with Gasteiger partial charge in [0.25, 0.3) is 0 Å². The van der Waals surface area contributed by atoms with Gasteiger partial charge in [0.2, 0.25) is 5.76 Å². The number of carbonyl (C=O) groups excluding carboxylic acids is 2. The first-order valence-corrected chi connectivity index (χ1v) is 6.25. The Morgan fingerprint density at radius 3 is 2.76 bits per heavy atom. The second kappa shape index (κ2) is 6.60. The average molecular weight is 292 g/mol. The minimum atomic E-state index is -0.555. The van der Waals surface area contributed by atoms with Crippen molar-refractivity contribution in [1.82, 2.24) is 20.2 Å². The number of esters is 1. The van der Waals surface area contributed by atoms with Gasteiger partial charge in [0.15, 0.2) is 0 Å². The van der Waals surface area contributed by atoms with Gasteiger partial charge in [-0.25, -0.2) is 14.6 Å². The summed E-state index contributed by atoms with van der Waals surface area (Å²) in [4.78, 5) is 26.9. The third kappa shape index (κ3) is 3.85. The summed E-state index contributed by atoms with van der Waals surface area (Å²) in [6, 6.07) is 2.74. The number of imidazole rings is 1. The lowest BCUT2D eigenvalue weighted by molar-refractivity contribution is 0.0563. The summed E-state index contributed by atoms with van der Waals surface area (Å²) < 4.78 is 11.6. The molecule has 0 spiro atoms. The van der Waals surface area contributed by atoms with Gasteiger partial charge in [0.05, 0.1) is 20.2 Å². The Labute approximate surface area is 121 Å². The van der Waals surface area contributed by atoms with Gasteiger partial charge in [-0.3, -0.25) is 0 Å². The first-order valence-electron chi connectivity index (χ1n) is 6.25. The van der Waals surface area contributed by atoms with Gasteiger partial charge >= 0.3 is 12.0 Å². The Morgan fingerprint density at radius 2 is 2.10 bits per heavy atom. The lowest BCUT2D eigenvalue weighted by atomic mass is 10.4. The number of aryl methyl sites for hydroxylation is 1. The molecular formula is C13H16N4O4. The summed E-state index contributed by atoms with van der Waals surface area (Å²) in [5.41, 5.74) is 0. The van der Waals surface area contributed by atoms with Crippen molar-refractivity contribution in [2.45, 2.75) is 13.1 Å². The van der Waals surface area contributed by atoms with E-state index < -0.39 is 5.97 Å². The monoisotopic (exact) mass is 292 g/mol. The fourth-order valence-corrected chi connectivity index (χ4v) is 1.64. The molecule has 0 saturated heterocycles. The van der Waals surface area contributed by atoms with Crippen LogP contribution < -0.4 is 10.6 Å². The first kappa shape index (κ1) is 14.6. The molecular weight excluding hydrogens is 276 g/mol. The summed E-state index contributed by atoms with van der Waals surface area (Å²) in [7, 11) is 3.12. The van der Waals surface area contributed by atoms with Crippen molar-refractivity contribution >= 4 is 12.0 Å². The molecule has 21 heavy (non-hydrogen) atoms. The van der Waals surface area contributed by atoms with Crippen molar-refractivity contribution < 1.29 is 18.7 Å². The normalized spacial score (nSPS) is 10.2. The van der Waals surface area contributed by atoms with Gasteiger partial charge in [-0.05, 0) is 12.1 Å². The van der Waals surface area contributed by atoms with E-state index in [2.05, 4.69) is 20.4 Å². The Kier molecular flexibility index (Phi) is 4.60. The zero-order valence-corrected chi connectivity index (χ0v) is 11.8. The molecule has 0 aliphatic carbocycles. The molecule has 2 aromatic rings. The van der Waals surface area contributed by atoms with Crippen molar-refractivity contribution in [2.24, 2.45) is 7.05 Å². The SMILES string of the molecule is COC(=O)c1ccc(CNC(=O)NCc2nccn2C)o1. The highest BCUT2D eigenvalue weighted by Gasteiger charge is 2.11. The van der Waals surface area contributed by atoms with Crippen LogP contribution in [0.25, 0.3) is 0 Å². The second-order valence-corrected chi connectivity index (χ2v) is 4.25. The number of nitrogens with zero attached hydrogens (tertiary/aromatic N) is 2. The number of ether oxygens (including phenoxy) is 1. The average Bonchev–Trinajstić information content (AvgIpc) is 3.11. The van der Waals surface area contributed by atoms with Crippen LogP contribution in [0.3, 0.4) is 0 Å². The van der Waals surface area contributed by atoms with Crippen LogP contribution in [-0.2, 0) is 24.9 Å². The number of hydrogen-bond acceptors (Lipinski definition) is 5. The topological polar surface area (TPSA) is 98.4 Å². The quantitative estimate of drug-likeness (QED) is 0.794. The predicted molar refractivity (Wildman–Crippen MR) is 72.3 cm³/mol. The van der Waals surface area contributed by atoms with Crippen molar-refractivity contribution in [2.75, 3.05) is 7.11 Å². The molecule has 8 nitrogen and oxygen atoms in total. The number of rotatable bonds is 5. The molecule has 0 bridgehead atoms. The van der Waals surface area contributed by atoms with E-state index in [-0.39, 0.29) is 18.3 Å². The highest BCUT2D eigenvalue weighted by Crippen LogP contribution is 2.08. The molecule has 0 aliphatic heterocycles. The zero-order valence-electron chi connectivity index (χ0n) is 11.8. The minimum Gasteiger partial charge on any atom is -0.463 e. The molecule has 2 heterocycles. The predicted octanol–water partition coefficient (Wildman–Crippen LogP) is 0.799. The Bertz CT molecular complexity index is 632. The molecule has 0 fully saturated rings. The molecule has 0 aliphatic rings. The van der Waals surface area contributed by atoms with E-state index in [9.17, 15) is 9.59 Å². The molecule has 2 N–H and O–H groups in total. The van der Waals surface area contributed by atoms with Crippen LogP contribution in [0.2, 0.25) is 0 Å². The Hall–Kier alpha value is -2.77. The largest absolute Gasteiger partial charge is 0.463 e. The maximum atomic E-state index is 11.6. The van der Waals surface area contributed by atoms with Gasteiger partial charge in [-0.2, -0.15) is 0 Å². The van der Waals surface area contributed by atoms with Crippen LogP contribution in [0.5, 0.6) is 0 Å². The van der Waals surface area contributed by atoms with E-state index in [1.807, 2.05) is 11.6 Å². The van der Waals surface area contributed by atoms with E-state index >= 15 is 0 Å². The van der Waals surface area contributed by atoms with E-state index in [1.54, 1.807) is 18.5 Å². The summed E-state index contributed by atoms with van der Waals surface area (Å²) in [5, 5.41) is 5.29. The number of aromatic nitrogens is 2. The Morgan fingerprint density at radius 1 is 1.33 bits per heavy atom. The van der Waals surface area contributed by atoms with Gasteiger partial charge in [0, 0.05) is 19.4 Å². The third-order valence-electron chi connectivity index (χ3n) is 2.80. The fourth-order valence-electron chi connectivity index (χ4n) is 1.64. The zero-order chi connectivity index (χ0) is 15.2. The summed E-state index contributed by atoms with van der Waals surface area (Å²) >= 11 is 0. The number of furan rings is 1. The summed E-state index contributed by atoms with van der Waals surface area (Å²) in [5.74, 6) is 0.752. The number of carbonyl (C=O) groups is 2. The molecule has 2 aromatic heterocycles. The molecule has 2 rings (SSSR count). The molecule has 8 heteroatoms. The standard InChI is InChI=1S/C13H16N4O4/c1-17-6-5-14-11(17)8-16-13(19)15-7-9-3-4-10(21-9)12(18)20-2/h3-6H,7-8H2,1-2H3,(H2,15,16,19). The highest BCUT2D eigenvalue weighted by atomic mass is 16.5. The fraction of sp³-hybridized carbons (Fsp3) is 0.308. The van der Waals surface area contributed by atoms with E-state index in [4.69, 9.17) is 4.42 Å². The first-order chi connectivity index (χ1) is 10.1. The van der Waals surface area contributed by atoms with Crippen molar-refractivity contribution in [1.29, 1.82) is 0 Å². The summed E-state index contributed by atoms with van der Waals surface area (Å²) in [6.07, 6.45) is 3.46. The molecule has 112 valence electrons. The number of nitrogens with one attached hydrogen (secondary N) is 2. The number of urea groups is 1. The molecule has 0 aromatic carbocycles. The number of hydrogen-bond donors (Lipinski definition) is 2. The van der Waals surface area contributed by atoms with Gasteiger partial charge in [-0.15, -0.1) is 0 Å². The van der Waals surface area contributed by atoms with Crippen LogP contribution in [0, 0.1) is 0 Å². The smallest absolute Gasteiger partial charge is 0.373 e. The molecule has 0 atom stereocenters. The third-order valence-corrected chi connectivity index (χ3v) is 2.80. The van der Waals surface area contributed by atoms with E-state index in [1.165, 1.54) is 13.2 Å². The number of methoxy groups -OCH3 is 1. The highest BCUT2D eigenvalue weighted by molar-refractivity contribution is 5.86. The maximum absolute atomic E-state index is 11.6. The lowest BCUT2D eigenvalue weighted by Crippen LogP contribution is -2.35. The lowest BCUT2D eigenvalue weighted by Gasteiger charge is -2.06. The van der Waals surface area contributed by atoms with Crippen LogP contribution in [0.1, 0.15) is 22.1 Å². The second-order valence-electron chi connectivity index (χ2n) is 4.25. The minimum absolute atomic E-state index is 0.0997. The van der Waals surface area contributed by atoms with Crippen molar-refractivity contribution in [3.63, 3.8) is 0 Å². The van der Waals surface area contributed by atoms with E-state index in [0.717, 1.165) is 5.82 Å². The maximum Gasteiger partial charge on any atom is 0.373 e. The van der Waals surface area contributed by atoms with Crippen LogP contribution in [0.15, 0.2) is 28.9 Å². The molecule has 0 unspecified atom stereocenters. The van der Waals surface area contributed by atoms with Crippen molar-refractivity contribution in [3.05, 3.63) is 41.9 Å². The van der Waals surface area contributed by atoms with Crippen LogP contribution in [-0.4, -0.2) is 28.7 Å². The van der Waals surface area contributed by atoms with Gasteiger partial charge < -0.3 is 24.4 Å². The van der Waals surface area contributed by atoms with Crippen molar-refractivity contribution in [3.8, 4) is 0 Å². The Balaban J connectivity index is 1.77. The number of amides is 2. The van der Waals surface area contributed by atoms with Crippen LogP contribution in [0.4, 0.5) is 4.79 Å². The molecule has 2 amide bonds.